The highest BCUT2D eigenvalue weighted by Gasteiger charge is 2.18. The van der Waals surface area contributed by atoms with Crippen molar-refractivity contribution in [3.63, 3.8) is 0 Å². The fourth-order valence-electron chi connectivity index (χ4n) is 1.62. The Morgan fingerprint density at radius 2 is 2.50 bits per heavy atom. The SMILES string of the molecule is CNc1ccnc(C(=O)NC2CCSC2)c1. The van der Waals surface area contributed by atoms with Gasteiger partial charge in [-0.3, -0.25) is 9.78 Å². The number of nitrogens with zero attached hydrogens (tertiary/aromatic N) is 1. The average molecular weight is 237 g/mol. The maximum Gasteiger partial charge on any atom is 0.270 e. The molecule has 4 nitrogen and oxygen atoms in total. The summed E-state index contributed by atoms with van der Waals surface area (Å²) >= 11 is 1.88. The third kappa shape index (κ3) is 2.66. The monoisotopic (exact) mass is 237 g/mol. The van der Waals surface area contributed by atoms with E-state index in [0.29, 0.717) is 11.7 Å². The van der Waals surface area contributed by atoms with E-state index >= 15 is 0 Å². The summed E-state index contributed by atoms with van der Waals surface area (Å²) < 4.78 is 0. The Labute approximate surface area is 99.2 Å². The number of nitrogens with one attached hydrogen (secondary N) is 2. The molecule has 0 saturated carbocycles. The lowest BCUT2D eigenvalue weighted by Crippen LogP contribution is -2.35. The van der Waals surface area contributed by atoms with Gasteiger partial charge in [0.2, 0.25) is 0 Å². The Kier molecular flexibility index (Phi) is 3.66. The number of aromatic nitrogens is 1. The second kappa shape index (κ2) is 5.21. The Morgan fingerprint density at radius 3 is 3.19 bits per heavy atom. The molecule has 1 aromatic rings. The topological polar surface area (TPSA) is 54.0 Å². The van der Waals surface area contributed by atoms with Crippen LogP contribution in [0.5, 0.6) is 0 Å². The number of hydrogen-bond donors (Lipinski definition) is 2. The van der Waals surface area contributed by atoms with Gasteiger partial charge < -0.3 is 10.6 Å². The molecule has 1 atom stereocenters. The van der Waals surface area contributed by atoms with Gasteiger partial charge in [-0.05, 0) is 24.3 Å². The van der Waals surface area contributed by atoms with Crippen molar-refractivity contribution in [1.29, 1.82) is 0 Å². The number of thioether (sulfide) groups is 1. The first-order chi connectivity index (χ1) is 7.79. The molecule has 1 fully saturated rings. The van der Waals surface area contributed by atoms with Crippen LogP contribution in [0, 0.1) is 0 Å². The smallest absolute Gasteiger partial charge is 0.270 e. The van der Waals surface area contributed by atoms with Crippen molar-refractivity contribution in [2.75, 3.05) is 23.9 Å². The molecule has 0 bridgehead atoms. The average Bonchev–Trinajstić information content (AvgIpc) is 2.82. The van der Waals surface area contributed by atoms with Crippen LogP contribution in [0.2, 0.25) is 0 Å². The summed E-state index contributed by atoms with van der Waals surface area (Å²) in [6.07, 6.45) is 2.70. The van der Waals surface area contributed by atoms with Crippen LogP contribution in [0.15, 0.2) is 18.3 Å². The third-order valence-electron chi connectivity index (χ3n) is 2.55. The molecule has 86 valence electrons. The molecule has 1 aromatic heterocycles. The molecular formula is C11H15N3OS. The van der Waals surface area contributed by atoms with E-state index in [1.165, 1.54) is 0 Å². The van der Waals surface area contributed by atoms with Crippen molar-refractivity contribution in [1.82, 2.24) is 10.3 Å². The standard InChI is InChI=1S/C11H15N3OS/c1-12-8-2-4-13-10(6-8)11(15)14-9-3-5-16-7-9/h2,4,6,9H,3,5,7H2,1H3,(H,12,13)(H,14,15). The van der Waals surface area contributed by atoms with Crippen molar-refractivity contribution < 1.29 is 4.79 Å². The molecule has 0 aliphatic carbocycles. The number of hydrogen-bond acceptors (Lipinski definition) is 4. The first-order valence-electron chi connectivity index (χ1n) is 5.32. The second-order valence-electron chi connectivity index (χ2n) is 3.71. The number of rotatable bonds is 3. The molecule has 5 heteroatoms. The van der Waals surface area contributed by atoms with E-state index in [0.717, 1.165) is 23.6 Å². The predicted octanol–water partition coefficient (Wildman–Crippen LogP) is 1.36. The van der Waals surface area contributed by atoms with Crippen molar-refractivity contribution in [2.24, 2.45) is 0 Å². The summed E-state index contributed by atoms with van der Waals surface area (Å²) in [6, 6.07) is 3.90. The van der Waals surface area contributed by atoms with Crippen LogP contribution in [0.4, 0.5) is 5.69 Å². The Balaban J connectivity index is 2.01. The molecule has 1 saturated heterocycles. The fourth-order valence-corrected chi connectivity index (χ4v) is 2.77. The molecule has 2 rings (SSSR count). The Hall–Kier alpha value is -1.23. The Bertz CT molecular complexity index is 377. The third-order valence-corrected chi connectivity index (χ3v) is 3.71. The molecule has 1 aliphatic rings. The van der Waals surface area contributed by atoms with Gasteiger partial charge in [0.1, 0.15) is 5.69 Å². The van der Waals surface area contributed by atoms with Crippen molar-refractivity contribution in [3.05, 3.63) is 24.0 Å². The first-order valence-corrected chi connectivity index (χ1v) is 6.47. The van der Waals surface area contributed by atoms with Crippen LogP contribution < -0.4 is 10.6 Å². The molecule has 0 aromatic carbocycles. The van der Waals surface area contributed by atoms with Crippen LogP contribution in [-0.4, -0.2) is 35.5 Å². The predicted molar refractivity (Wildman–Crippen MR) is 67.0 cm³/mol. The van der Waals surface area contributed by atoms with E-state index in [1.54, 1.807) is 12.3 Å². The van der Waals surface area contributed by atoms with E-state index in [-0.39, 0.29) is 5.91 Å². The highest BCUT2D eigenvalue weighted by atomic mass is 32.2. The van der Waals surface area contributed by atoms with Gasteiger partial charge in [-0.1, -0.05) is 0 Å². The number of carbonyl (C=O) groups is 1. The van der Waals surface area contributed by atoms with Gasteiger partial charge >= 0.3 is 0 Å². The van der Waals surface area contributed by atoms with Gasteiger partial charge in [0, 0.05) is 30.7 Å². The number of pyridine rings is 1. The summed E-state index contributed by atoms with van der Waals surface area (Å²) in [5, 5.41) is 5.99. The molecule has 1 amide bonds. The lowest BCUT2D eigenvalue weighted by Gasteiger charge is -2.11. The van der Waals surface area contributed by atoms with Gasteiger partial charge in [-0.15, -0.1) is 0 Å². The van der Waals surface area contributed by atoms with Crippen molar-refractivity contribution >= 4 is 23.4 Å². The molecule has 2 N–H and O–H groups in total. The fraction of sp³-hybridized carbons (Fsp3) is 0.455. The van der Waals surface area contributed by atoms with E-state index in [1.807, 2.05) is 24.9 Å². The molecule has 16 heavy (non-hydrogen) atoms. The quantitative estimate of drug-likeness (QED) is 0.833. The minimum absolute atomic E-state index is 0.0791. The minimum Gasteiger partial charge on any atom is -0.388 e. The zero-order valence-corrected chi connectivity index (χ0v) is 10.0. The van der Waals surface area contributed by atoms with Gasteiger partial charge in [-0.2, -0.15) is 11.8 Å². The highest BCUT2D eigenvalue weighted by Crippen LogP contribution is 2.17. The number of carbonyl (C=O) groups excluding carboxylic acids is 1. The normalized spacial score (nSPS) is 19.4. The molecule has 0 radical (unpaired) electrons. The maximum absolute atomic E-state index is 11.9. The molecule has 1 unspecified atom stereocenters. The van der Waals surface area contributed by atoms with Gasteiger partial charge in [0.25, 0.3) is 5.91 Å². The van der Waals surface area contributed by atoms with E-state index in [9.17, 15) is 4.79 Å². The van der Waals surface area contributed by atoms with Crippen LogP contribution in [0.3, 0.4) is 0 Å². The number of amides is 1. The number of anilines is 1. The van der Waals surface area contributed by atoms with E-state index in [4.69, 9.17) is 0 Å². The maximum atomic E-state index is 11.9. The second-order valence-corrected chi connectivity index (χ2v) is 4.86. The van der Waals surface area contributed by atoms with Crippen LogP contribution >= 0.6 is 11.8 Å². The summed E-state index contributed by atoms with van der Waals surface area (Å²) in [7, 11) is 1.82. The van der Waals surface area contributed by atoms with Crippen LogP contribution in [0.1, 0.15) is 16.9 Å². The van der Waals surface area contributed by atoms with Crippen molar-refractivity contribution in [3.8, 4) is 0 Å². The summed E-state index contributed by atoms with van der Waals surface area (Å²) in [4.78, 5) is 15.9. The van der Waals surface area contributed by atoms with Gasteiger partial charge in [0.05, 0.1) is 0 Å². The zero-order valence-electron chi connectivity index (χ0n) is 9.19. The largest absolute Gasteiger partial charge is 0.388 e. The van der Waals surface area contributed by atoms with Gasteiger partial charge in [0.15, 0.2) is 0 Å². The molecule has 2 heterocycles. The lowest BCUT2D eigenvalue weighted by atomic mass is 10.2. The Morgan fingerprint density at radius 1 is 1.62 bits per heavy atom. The first kappa shape index (κ1) is 11.3. The molecule has 0 spiro atoms. The summed E-state index contributed by atoms with van der Waals surface area (Å²) in [6.45, 7) is 0. The highest BCUT2D eigenvalue weighted by molar-refractivity contribution is 7.99. The van der Waals surface area contributed by atoms with E-state index < -0.39 is 0 Å². The summed E-state index contributed by atoms with van der Waals surface area (Å²) in [5.41, 5.74) is 1.38. The van der Waals surface area contributed by atoms with E-state index in [2.05, 4.69) is 15.6 Å². The van der Waals surface area contributed by atoms with Gasteiger partial charge in [-0.25, -0.2) is 0 Å². The van der Waals surface area contributed by atoms with Crippen molar-refractivity contribution in [2.45, 2.75) is 12.5 Å². The summed E-state index contributed by atoms with van der Waals surface area (Å²) in [5.74, 6) is 2.07. The zero-order chi connectivity index (χ0) is 11.4. The minimum atomic E-state index is -0.0791. The van der Waals surface area contributed by atoms with Crippen LogP contribution in [0.25, 0.3) is 0 Å². The molecule has 1 aliphatic heterocycles. The lowest BCUT2D eigenvalue weighted by molar-refractivity contribution is 0.0936. The molecular weight excluding hydrogens is 222 g/mol. The van der Waals surface area contributed by atoms with Crippen LogP contribution in [-0.2, 0) is 0 Å².